The van der Waals surface area contributed by atoms with E-state index < -0.39 is 0 Å². The second kappa shape index (κ2) is 3.93. The molecule has 0 saturated carbocycles. The van der Waals surface area contributed by atoms with Gasteiger partial charge in [0, 0.05) is 13.0 Å². The van der Waals surface area contributed by atoms with Crippen LogP contribution in [-0.4, -0.2) is 12.5 Å². The molecule has 3 nitrogen and oxygen atoms in total. The van der Waals surface area contributed by atoms with Crippen molar-refractivity contribution in [2.75, 3.05) is 11.6 Å². The van der Waals surface area contributed by atoms with Crippen LogP contribution in [0.15, 0.2) is 18.2 Å². The number of nitrogens with zero attached hydrogens (tertiary/aromatic N) is 1. The molecule has 1 saturated heterocycles. The van der Waals surface area contributed by atoms with Crippen molar-refractivity contribution in [3.05, 3.63) is 29.3 Å². The molecule has 2 rings (SSSR count). The highest BCUT2D eigenvalue weighted by atomic mass is 16.2. The number of para-hydroxylation sites is 1. The summed E-state index contributed by atoms with van der Waals surface area (Å²) in [6.45, 7) is 5.05. The summed E-state index contributed by atoms with van der Waals surface area (Å²) in [5.74, 6) is 0.115. The lowest BCUT2D eigenvalue weighted by Gasteiger charge is -2.31. The van der Waals surface area contributed by atoms with Gasteiger partial charge in [-0.2, -0.15) is 0 Å². The van der Waals surface area contributed by atoms with E-state index in [4.69, 9.17) is 0 Å². The van der Waals surface area contributed by atoms with Crippen LogP contribution in [0.25, 0.3) is 0 Å². The van der Waals surface area contributed by atoms with Crippen LogP contribution in [0.1, 0.15) is 24.0 Å². The third-order valence-corrected chi connectivity index (χ3v) is 2.75. The SMILES string of the molecule is Cc1cccc(C)c1N1CCCC(=O)N1. The van der Waals surface area contributed by atoms with E-state index in [0.29, 0.717) is 6.42 Å². The van der Waals surface area contributed by atoms with Crippen molar-refractivity contribution in [2.24, 2.45) is 0 Å². The standard InChI is InChI=1S/C12H16N2O/c1-9-5-3-6-10(2)12(9)14-8-4-7-11(15)13-14/h3,5-6H,4,7-8H2,1-2H3,(H,13,15). The molecule has 1 aromatic carbocycles. The fourth-order valence-corrected chi connectivity index (χ4v) is 2.06. The van der Waals surface area contributed by atoms with E-state index in [1.807, 2.05) is 11.1 Å². The molecular weight excluding hydrogens is 188 g/mol. The van der Waals surface area contributed by atoms with E-state index in [9.17, 15) is 4.79 Å². The Kier molecular flexibility index (Phi) is 2.62. The highest BCUT2D eigenvalue weighted by Crippen LogP contribution is 2.24. The zero-order chi connectivity index (χ0) is 10.8. The van der Waals surface area contributed by atoms with Gasteiger partial charge in [0.15, 0.2) is 0 Å². The van der Waals surface area contributed by atoms with Gasteiger partial charge in [0.1, 0.15) is 0 Å². The van der Waals surface area contributed by atoms with Crippen molar-refractivity contribution < 1.29 is 4.79 Å². The van der Waals surface area contributed by atoms with Gasteiger partial charge in [-0.3, -0.25) is 15.2 Å². The predicted octanol–water partition coefficient (Wildman–Crippen LogP) is 1.93. The third-order valence-electron chi connectivity index (χ3n) is 2.75. The second-order valence-corrected chi connectivity index (χ2v) is 4.03. The number of hydrogen-bond donors (Lipinski definition) is 1. The molecular formula is C12H16N2O. The number of hydrazine groups is 1. The van der Waals surface area contributed by atoms with Crippen molar-refractivity contribution in [1.82, 2.24) is 5.43 Å². The molecule has 1 aliphatic rings. The molecule has 0 spiro atoms. The quantitative estimate of drug-likeness (QED) is 0.758. The highest BCUT2D eigenvalue weighted by molar-refractivity contribution is 5.79. The molecule has 1 heterocycles. The van der Waals surface area contributed by atoms with Gasteiger partial charge in [0.2, 0.25) is 5.91 Å². The zero-order valence-electron chi connectivity index (χ0n) is 9.21. The summed E-state index contributed by atoms with van der Waals surface area (Å²) < 4.78 is 0. The molecule has 80 valence electrons. The maximum atomic E-state index is 11.3. The number of amides is 1. The average molecular weight is 204 g/mol. The smallest absolute Gasteiger partial charge is 0.238 e. The first kappa shape index (κ1) is 10.0. The highest BCUT2D eigenvalue weighted by Gasteiger charge is 2.18. The van der Waals surface area contributed by atoms with Crippen molar-refractivity contribution >= 4 is 11.6 Å². The number of rotatable bonds is 1. The van der Waals surface area contributed by atoms with Crippen LogP contribution < -0.4 is 10.4 Å². The lowest BCUT2D eigenvalue weighted by molar-refractivity contribution is -0.122. The van der Waals surface area contributed by atoms with Gasteiger partial charge in [0.25, 0.3) is 0 Å². The Hall–Kier alpha value is -1.51. The number of carbonyl (C=O) groups is 1. The molecule has 1 N–H and O–H groups in total. The monoisotopic (exact) mass is 204 g/mol. The summed E-state index contributed by atoms with van der Waals surface area (Å²) in [7, 11) is 0. The van der Waals surface area contributed by atoms with Crippen molar-refractivity contribution in [2.45, 2.75) is 26.7 Å². The van der Waals surface area contributed by atoms with E-state index >= 15 is 0 Å². The Balaban J connectivity index is 2.32. The average Bonchev–Trinajstić information content (AvgIpc) is 2.17. The Labute approximate surface area is 90.1 Å². The fraction of sp³-hybridized carbons (Fsp3) is 0.417. The minimum absolute atomic E-state index is 0.115. The predicted molar refractivity (Wildman–Crippen MR) is 60.6 cm³/mol. The van der Waals surface area contributed by atoms with Crippen LogP contribution >= 0.6 is 0 Å². The molecule has 15 heavy (non-hydrogen) atoms. The number of hydrogen-bond acceptors (Lipinski definition) is 2. The maximum Gasteiger partial charge on any atom is 0.238 e. The Bertz CT molecular complexity index is 367. The van der Waals surface area contributed by atoms with E-state index in [1.165, 1.54) is 11.1 Å². The van der Waals surface area contributed by atoms with E-state index in [1.54, 1.807) is 0 Å². The van der Waals surface area contributed by atoms with Crippen molar-refractivity contribution in [3.63, 3.8) is 0 Å². The third kappa shape index (κ3) is 1.96. The van der Waals surface area contributed by atoms with Gasteiger partial charge in [-0.1, -0.05) is 18.2 Å². The molecule has 0 bridgehead atoms. The van der Waals surface area contributed by atoms with Crippen LogP contribution in [0, 0.1) is 13.8 Å². The first-order valence-electron chi connectivity index (χ1n) is 5.32. The minimum Gasteiger partial charge on any atom is -0.285 e. The first-order valence-corrected chi connectivity index (χ1v) is 5.32. The van der Waals surface area contributed by atoms with Gasteiger partial charge in [0.05, 0.1) is 5.69 Å². The number of anilines is 1. The number of aryl methyl sites for hydroxylation is 2. The molecule has 1 amide bonds. The number of nitrogens with one attached hydrogen (secondary N) is 1. The molecule has 0 aromatic heterocycles. The lowest BCUT2D eigenvalue weighted by atomic mass is 10.1. The van der Waals surface area contributed by atoms with E-state index in [2.05, 4.69) is 31.4 Å². The van der Waals surface area contributed by atoms with Crippen molar-refractivity contribution in [3.8, 4) is 0 Å². The van der Waals surface area contributed by atoms with Crippen LogP contribution in [0.3, 0.4) is 0 Å². The molecule has 3 heteroatoms. The zero-order valence-corrected chi connectivity index (χ0v) is 9.21. The summed E-state index contributed by atoms with van der Waals surface area (Å²) in [6.07, 6.45) is 1.57. The number of carbonyl (C=O) groups excluding carboxylic acids is 1. The molecule has 0 atom stereocenters. The summed E-state index contributed by atoms with van der Waals surface area (Å²) >= 11 is 0. The Morgan fingerprint density at radius 2 is 1.93 bits per heavy atom. The summed E-state index contributed by atoms with van der Waals surface area (Å²) in [5, 5.41) is 1.97. The molecule has 1 fully saturated rings. The number of benzene rings is 1. The molecule has 1 aliphatic heterocycles. The molecule has 0 unspecified atom stereocenters. The van der Waals surface area contributed by atoms with Gasteiger partial charge in [-0.25, -0.2) is 0 Å². The summed E-state index contributed by atoms with van der Waals surface area (Å²) in [6, 6.07) is 6.19. The fourth-order valence-electron chi connectivity index (χ4n) is 2.06. The molecule has 1 aromatic rings. The molecule has 0 aliphatic carbocycles. The Morgan fingerprint density at radius 1 is 1.27 bits per heavy atom. The second-order valence-electron chi connectivity index (χ2n) is 4.03. The minimum atomic E-state index is 0.115. The van der Waals surface area contributed by atoms with Gasteiger partial charge in [-0.05, 0) is 31.4 Å². The van der Waals surface area contributed by atoms with Crippen LogP contribution in [-0.2, 0) is 4.79 Å². The summed E-state index contributed by atoms with van der Waals surface area (Å²) in [5.41, 5.74) is 6.46. The Morgan fingerprint density at radius 3 is 2.53 bits per heavy atom. The molecule has 0 radical (unpaired) electrons. The van der Waals surface area contributed by atoms with Crippen LogP contribution in [0.4, 0.5) is 5.69 Å². The first-order chi connectivity index (χ1) is 7.18. The van der Waals surface area contributed by atoms with E-state index in [0.717, 1.165) is 18.7 Å². The summed E-state index contributed by atoms with van der Waals surface area (Å²) in [4.78, 5) is 11.3. The normalized spacial score (nSPS) is 16.4. The topological polar surface area (TPSA) is 32.3 Å². The van der Waals surface area contributed by atoms with E-state index in [-0.39, 0.29) is 5.91 Å². The van der Waals surface area contributed by atoms with Crippen LogP contribution in [0.2, 0.25) is 0 Å². The van der Waals surface area contributed by atoms with Crippen LogP contribution in [0.5, 0.6) is 0 Å². The largest absolute Gasteiger partial charge is 0.285 e. The van der Waals surface area contributed by atoms with Gasteiger partial charge < -0.3 is 0 Å². The lowest BCUT2D eigenvalue weighted by Crippen LogP contribution is -2.47. The maximum absolute atomic E-state index is 11.3. The van der Waals surface area contributed by atoms with Gasteiger partial charge in [-0.15, -0.1) is 0 Å². The van der Waals surface area contributed by atoms with Crippen molar-refractivity contribution in [1.29, 1.82) is 0 Å². The van der Waals surface area contributed by atoms with Gasteiger partial charge >= 0.3 is 0 Å².